The third-order valence-corrected chi connectivity index (χ3v) is 4.63. The van der Waals surface area contributed by atoms with Crippen molar-refractivity contribution in [1.82, 2.24) is 4.90 Å². The number of aliphatic hydroxyl groups excluding tert-OH is 1. The van der Waals surface area contributed by atoms with Gasteiger partial charge in [-0.05, 0) is 42.7 Å². The van der Waals surface area contributed by atoms with E-state index in [1.165, 1.54) is 18.4 Å². The largest absolute Gasteiger partial charge is 0.497 e. The van der Waals surface area contributed by atoms with Gasteiger partial charge in [0.2, 0.25) is 0 Å². The minimum absolute atomic E-state index is 0.232. The second-order valence-electron chi connectivity index (χ2n) is 6.40. The molecule has 1 aliphatic rings. The molecule has 0 bridgehead atoms. The first-order chi connectivity index (χ1) is 12.2. The van der Waals surface area contributed by atoms with Gasteiger partial charge in [0.25, 0.3) is 0 Å². The van der Waals surface area contributed by atoms with E-state index in [1.54, 1.807) is 13.2 Å². The first kappa shape index (κ1) is 18.1. The molecule has 25 heavy (non-hydrogen) atoms. The molecule has 3 rings (SSSR count). The third-order valence-electron chi connectivity index (χ3n) is 4.32. The van der Waals surface area contributed by atoms with Crippen LogP contribution in [-0.4, -0.2) is 42.4 Å². The fourth-order valence-corrected chi connectivity index (χ4v) is 3.01. The Morgan fingerprint density at radius 1 is 1.16 bits per heavy atom. The summed E-state index contributed by atoms with van der Waals surface area (Å²) < 4.78 is 10.9. The van der Waals surface area contributed by atoms with E-state index < -0.39 is 6.10 Å². The summed E-state index contributed by atoms with van der Waals surface area (Å²) in [6.07, 6.45) is 1.82. The minimum Gasteiger partial charge on any atom is -0.497 e. The number of ether oxygens (including phenoxy) is 2. The van der Waals surface area contributed by atoms with Crippen LogP contribution in [0.5, 0.6) is 11.5 Å². The number of aliphatic hydroxyl groups is 1. The van der Waals surface area contributed by atoms with Crippen molar-refractivity contribution in [3.05, 3.63) is 59.1 Å². The molecule has 0 spiro atoms. The molecular formula is C20H24ClNO3. The van der Waals surface area contributed by atoms with Crippen molar-refractivity contribution in [2.75, 3.05) is 20.3 Å². The van der Waals surface area contributed by atoms with Gasteiger partial charge in [0.1, 0.15) is 24.2 Å². The summed E-state index contributed by atoms with van der Waals surface area (Å²) in [5.41, 5.74) is 1.21. The van der Waals surface area contributed by atoms with E-state index in [2.05, 4.69) is 17.0 Å². The summed E-state index contributed by atoms with van der Waals surface area (Å²) in [4.78, 5) is 2.32. The molecule has 0 aromatic heterocycles. The van der Waals surface area contributed by atoms with Crippen LogP contribution in [0.15, 0.2) is 48.5 Å². The van der Waals surface area contributed by atoms with Crippen LogP contribution in [0.2, 0.25) is 5.02 Å². The van der Waals surface area contributed by atoms with Gasteiger partial charge in [0, 0.05) is 19.1 Å². The van der Waals surface area contributed by atoms with Crippen LogP contribution in [0.1, 0.15) is 18.4 Å². The Morgan fingerprint density at radius 3 is 2.52 bits per heavy atom. The number of para-hydroxylation sites is 1. The van der Waals surface area contributed by atoms with Crippen LogP contribution in [0.3, 0.4) is 0 Å². The van der Waals surface area contributed by atoms with Gasteiger partial charge in [0.15, 0.2) is 0 Å². The van der Waals surface area contributed by atoms with Crippen molar-refractivity contribution in [2.24, 2.45) is 0 Å². The quantitative estimate of drug-likeness (QED) is 0.738. The van der Waals surface area contributed by atoms with Crippen molar-refractivity contribution < 1.29 is 14.6 Å². The highest BCUT2D eigenvalue weighted by Crippen LogP contribution is 2.29. The van der Waals surface area contributed by atoms with E-state index in [0.29, 0.717) is 23.4 Å². The Bertz CT molecular complexity index is 673. The molecule has 2 aromatic carbocycles. The lowest BCUT2D eigenvalue weighted by Crippen LogP contribution is -2.36. The first-order valence-corrected chi connectivity index (χ1v) is 8.96. The van der Waals surface area contributed by atoms with E-state index in [9.17, 15) is 5.11 Å². The summed E-state index contributed by atoms with van der Waals surface area (Å²) in [6, 6.07) is 15.9. The van der Waals surface area contributed by atoms with E-state index in [-0.39, 0.29) is 6.61 Å². The molecule has 134 valence electrons. The van der Waals surface area contributed by atoms with Gasteiger partial charge in [-0.2, -0.15) is 0 Å². The smallest absolute Gasteiger partial charge is 0.138 e. The molecule has 0 saturated heterocycles. The lowest BCUT2D eigenvalue weighted by Gasteiger charge is -2.25. The third kappa shape index (κ3) is 5.36. The van der Waals surface area contributed by atoms with Gasteiger partial charge in [-0.25, -0.2) is 0 Å². The average molecular weight is 362 g/mol. The molecule has 4 nitrogen and oxygen atoms in total. The highest BCUT2D eigenvalue weighted by atomic mass is 35.5. The molecule has 0 amide bonds. The summed E-state index contributed by atoms with van der Waals surface area (Å²) in [5, 5.41) is 10.9. The van der Waals surface area contributed by atoms with Crippen molar-refractivity contribution in [3.8, 4) is 11.5 Å². The lowest BCUT2D eigenvalue weighted by molar-refractivity contribution is 0.0627. The normalized spacial score (nSPS) is 15.2. The molecule has 1 saturated carbocycles. The van der Waals surface area contributed by atoms with Crippen LogP contribution >= 0.6 is 11.6 Å². The van der Waals surface area contributed by atoms with Crippen molar-refractivity contribution in [2.45, 2.75) is 31.5 Å². The molecule has 1 aliphatic carbocycles. The zero-order valence-corrected chi connectivity index (χ0v) is 15.2. The molecule has 1 unspecified atom stereocenters. The molecule has 0 heterocycles. The van der Waals surface area contributed by atoms with Crippen LogP contribution in [0.4, 0.5) is 0 Å². The van der Waals surface area contributed by atoms with Gasteiger partial charge in [0.05, 0.1) is 12.1 Å². The van der Waals surface area contributed by atoms with Gasteiger partial charge in [-0.3, -0.25) is 4.90 Å². The fraction of sp³-hybridized carbons (Fsp3) is 0.400. The SMILES string of the molecule is COc1ccc(CN(CC(O)COc2ccccc2Cl)C2CC2)cc1. The highest BCUT2D eigenvalue weighted by molar-refractivity contribution is 6.32. The number of rotatable bonds is 9. The van der Waals surface area contributed by atoms with E-state index in [0.717, 1.165) is 12.3 Å². The standard InChI is InChI=1S/C20H24ClNO3/c1-24-18-10-6-15(7-11-18)12-22(16-8-9-16)13-17(23)14-25-20-5-3-2-4-19(20)21/h2-7,10-11,16-17,23H,8-9,12-14H2,1H3. The van der Waals surface area contributed by atoms with Crippen LogP contribution < -0.4 is 9.47 Å². The molecule has 2 aromatic rings. The summed E-state index contributed by atoms with van der Waals surface area (Å²) in [6.45, 7) is 1.63. The molecule has 0 radical (unpaired) electrons. The van der Waals surface area contributed by atoms with E-state index >= 15 is 0 Å². The molecule has 1 N–H and O–H groups in total. The Hall–Kier alpha value is -1.75. The Morgan fingerprint density at radius 2 is 1.88 bits per heavy atom. The maximum atomic E-state index is 10.4. The molecular weight excluding hydrogens is 338 g/mol. The fourth-order valence-electron chi connectivity index (χ4n) is 2.82. The monoisotopic (exact) mass is 361 g/mol. The number of nitrogens with zero attached hydrogens (tertiary/aromatic N) is 1. The minimum atomic E-state index is -0.560. The summed E-state index contributed by atoms with van der Waals surface area (Å²) in [5.74, 6) is 1.46. The number of methoxy groups -OCH3 is 1. The van der Waals surface area contributed by atoms with E-state index in [1.807, 2.05) is 30.3 Å². The van der Waals surface area contributed by atoms with Crippen LogP contribution in [0, 0.1) is 0 Å². The highest BCUT2D eigenvalue weighted by Gasteiger charge is 2.30. The maximum absolute atomic E-state index is 10.4. The Labute approximate surface area is 153 Å². The Balaban J connectivity index is 1.53. The lowest BCUT2D eigenvalue weighted by atomic mass is 10.2. The number of hydrogen-bond donors (Lipinski definition) is 1. The summed E-state index contributed by atoms with van der Waals surface area (Å²) in [7, 11) is 1.67. The van der Waals surface area contributed by atoms with Crippen molar-refractivity contribution >= 4 is 11.6 Å². The zero-order chi connectivity index (χ0) is 17.6. The Kier molecular flexibility index (Phi) is 6.19. The predicted octanol–water partition coefficient (Wildman–Crippen LogP) is 3.75. The summed E-state index contributed by atoms with van der Waals surface area (Å²) >= 11 is 6.08. The van der Waals surface area contributed by atoms with E-state index in [4.69, 9.17) is 21.1 Å². The molecule has 1 atom stereocenters. The van der Waals surface area contributed by atoms with Crippen molar-refractivity contribution in [1.29, 1.82) is 0 Å². The average Bonchev–Trinajstić information content (AvgIpc) is 3.46. The van der Waals surface area contributed by atoms with Crippen LogP contribution in [-0.2, 0) is 6.54 Å². The van der Waals surface area contributed by atoms with Gasteiger partial charge >= 0.3 is 0 Å². The second-order valence-corrected chi connectivity index (χ2v) is 6.81. The topological polar surface area (TPSA) is 41.9 Å². The van der Waals surface area contributed by atoms with Gasteiger partial charge in [-0.15, -0.1) is 0 Å². The number of hydrogen-bond acceptors (Lipinski definition) is 4. The van der Waals surface area contributed by atoms with Gasteiger partial charge in [-0.1, -0.05) is 35.9 Å². The van der Waals surface area contributed by atoms with Crippen LogP contribution in [0.25, 0.3) is 0 Å². The predicted molar refractivity (Wildman–Crippen MR) is 99.4 cm³/mol. The van der Waals surface area contributed by atoms with Gasteiger partial charge < -0.3 is 14.6 Å². The molecule has 5 heteroatoms. The number of halogens is 1. The molecule has 0 aliphatic heterocycles. The maximum Gasteiger partial charge on any atom is 0.138 e. The van der Waals surface area contributed by atoms with Crippen molar-refractivity contribution in [3.63, 3.8) is 0 Å². The molecule has 1 fully saturated rings. The number of benzene rings is 2. The zero-order valence-electron chi connectivity index (χ0n) is 14.4. The second kappa shape index (κ2) is 8.56. The first-order valence-electron chi connectivity index (χ1n) is 8.58.